The minimum Gasteiger partial charge on any atom is -0.491 e. The van der Waals surface area contributed by atoms with Crippen LogP contribution >= 0.6 is 11.6 Å². The molecule has 0 atom stereocenters. The molecule has 0 unspecified atom stereocenters. The molecule has 0 aromatic heterocycles. The molecular formula is C15H15ClFNO2. The molecule has 1 aromatic rings. The Morgan fingerprint density at radius 2 is 2.20 bits per heavy atom. The average molecular weight is 296 g/mol. The zero-order valence-electron chi connectivity index (χ0n) is 11.0. The highest BCUT2D eigenvalue weighted by Crippen LogP contribution is 2.50. The molecule has 0 spiro atoms. The van der Waals surface area contributed by atoms with Crippen LogP contribution in [-0.4, -0.2) is 12.7 Å². The van der Waals surface area contributed by atoms with Gasteiger partial charge in [-0.25, -0.2) is 9.18 Å². The predicted molar refractivity (Wildman–Crippen MR) is 73.3 cm³/mol. The zero-order valence-corrected chi connectivity index (χ0v) is 11.8. The molecule has 0 N–H and O–H groups in total. The Balaban J connectivity index is 1.99. The molecular weight excluding hydrogens is 281 g/mol. The standard InChI is InChI=1S/C15H15ClFNO2/c16-13-7-11(17)6-12(14(13)20-8-10-2-3-10)15(18-9-19)4-1-5-15/h6-7,10H,1-5,8H2. The molecule has 0 saturated heterocycles. The van der Waals surface area contributed by atoms with Crippen molar-refractivity contribution >= 4 is 17.7 Å². The molecule has 5 heteroatoms. The van der Waals surface area contributed by atoms with Gasteiger partial charge in [0.15, 0.2) is 0 Å². The van der Waals surface area contributed by atoms with Crippen molar-refractivity contribution in [2.75, 3.05) is 6.61 Å². The third-order valence-corrected chi connectivity index (χ3v) is 4.39. The maximum absolute atomic E-state index is 13.7. The lowest BCUT2D eigenvalue weighted by atomic mass is 9.72. The molecule has 2 fully saturated rings. The lowest BCUT2D eigenvalue weighted by Gasteiger charge is -2.38. The van der Waals surface area contributed by atoms with Crippen LogP contribution in [0.4, 0.5) is 4.39 Å². The summed E-state index contributed by atoms with van der Waals surface area (Å²) in [6.07, 6.45) is 6.26. The maximum Gasteiger partial charge on any atom is 0.235 e. The average Bonchev–Trinajstić information content (AvgIpc) is 3.16. The van der Waals surface area contributed by atoms with Crippen LogP contribution < -0.4 is 4.74 Å². The summed E-state index contributed by atoms with van der Waals surface area (Å²) in [6.45, 7) is 0.583. The lowest BCUT2D eigenvalue weighted by molar-refractivity contribution is 0.233. The number of hydrogen-bond donors (Lipinski definition) is 0. The van der Waals surface area contributed by atoms with E-state index in [-0.39, 0.29) is 5.02 Å². The van der Waals surface area contributed by atoms with E-state index >= 15 is 0 Å². The van der Waals surface area contributed by atoms with Crippen LogP contribution in [0.25, 0.3) is 0 Å². The quantitative estimate of drug-likeness (QED) is 0.609. The van der Waals surface area contributed by atoms with E-state index in [1.54, 1.807) is 6.08 Å². The van der Waals surface area contributed by atoms with Gasteiger partial charge < -0.3 is 4.74 Å². The summed E-state index contributed by atoms with van der Waals surface area (Å²) in [4.78, 5) is 14.6. The summed E-state index contributed by atoms with van der Waals surface area (Å²) in [7, 11) is 0. The number of rotatable bonds is 5. The molecule has 20 heavy (non-hydrogen) atoms. The smallest absolute Gasteiger partial charge is 0.235 e. The third-order valence-electron chi connectivity index (χ3n) is 4.11. The second kappa shape index (κ2) is 5.19. The zero-order chi connectivity index (χ0) is 14.2. The summed E-state index contributed by atoms with van der Waals surface area (Å²) in [5, 5.41) is 0.244. The molecule has 0 aliphatic heterocycles. The number of halogens is 2. The van der Waals surface area contributed by atoms with E-state index in [1.165, 1.54) is 12.1 Å². The van der Waals surface area contributed by atoms with Crippen molar-refractivity contribution in [3.63, 3.8) is 0 Å². The monoisotopic (exact) mass is 295 g/mol. The van der Waals surface area contributed by atoms with E-state index in [9.17, 15) is 9.18 Å². The normalized spacial score (nSPS) is 19.9. The van der Waals surface area contributed by atoms with Crippen LogP contribution in [-0.2, 0) is 10.3 Å². The van der Waals surface area contributed by atoms with Crippen molar-refractivity contribution in [1.29, 1.82) is 0 Å². The van der Waals surface area contributed by atoms with Gasteiger partial charge in [-0.1, -0.05) is 11.6 Å². The molecule has 0 amide bonds. The Labute approximate surface area is 121 Å². The molecule has 0 bridgehead atoms. The summed E-state index contributed by atoms with van der Waals surface area (Å²) >= 11 is 6.12. The largest absolute Gasteiger partial charge is 0.491 e. The van der Waals surface area contributed by atoms with Gasteiger partial charge in [0.05, 0.1) is 11.6 Å². The first kappa shape index (κ1) is 13.6. The molecule has 3 rings (SSSR count). The fraction of sp³-hybridized carbons (Fsp3) is 0.533. The van der Waals surface area contributed by atoms with E-state index in [0.717, 1.165) is 19.3 Å². The number of benzene rings is 1. The second-order valence-corrected chi connectivity index (χ2v) is 6.01. The van der Waals surface area contributed by atoms with Crippen molar-refractivity contribution in [2.45, 2.75) is 37.6 Å². The Morgan fingerprint density at radius 3 is 2.75 bits per heavy atom. The molecule has 0 radical (unpaired) electrons. The van der Waals surface area contributed by atoms with Gasteiger partial charge in [0.2, 0.25) is 6.08 Å². The number of carbonyl (C=O) groups excluding carboxylic acids is 1. The molecule has 1 aromatic carbocycles. The molecule has 2 saturated carbocycles. The lowest BCUT2D eigenvalue weighted by Crippen LogP contribution is -2.32. The van der Waals surface area contributed by atoms with Crippen LogP contribution in [0.5, 0.6) is 5.75 Å². The van der Waals surface area contributed by atoms with Crippen molar-refractivity contribution in [3.05, 3.63) is 28.5 Å². The van der Waals surface area contributed by atoms with Gasteiger partial charge in [0.25, 0.3) is 0 Å². The number of aliphatic imine (C=N–C) groups is 1. The number of nitrogens with zero attached hydrogens (tertiary/aromatic N) is 1. The van der Waals surface area contributed by atoms with E-state index < -0.39 is 11.4 Å². The highest BCUT2D eigenvalue weighted by atomic mass is 35.5. The first-order valence-corrected chi connectivity index (χ1v) is 7.24. The fourth-order valence-corrected chi connectivity index (χ4v) is 2.84. The third kappa shape index (κ3) is 2.46. The minimum atomic E-state index is -0.702. The second-order valence-electron chi connectivity index (χ2n) is 5.61. The van der Waals surface area contributed by atoms with Crippen molar-refractivity contribution in [3.8, 4) is 5.75 Å². The summed E-state index contributed by atoms with van der Waals surface area (Å²) in [5.41, 5.74) is -0.121. The van der Waals surface area contributed by atoms with Gasteiger partial charge in [-0.3, -0.25) is 0 Å². The summed E-state index contributed by atoms with van der Waals surface area (Å²) < 4.78 is 19.5. The van der Waals surface area contributed by atoms with Crippen molar-refractivity contribution < 1.29 is 13.9 Å². The van der Waals surface area contributed by atoms with Gasteiger partial charge in [0.1, 0.15) is 17.1 Å². The SMILES string of the molecule is O=C=NC1(c2cc(F)cc(Cl)c2OCC2CC2)CCC1. The summed E-state index contributed by atoms with van der Waals surface area (Å²) in [5.74, 6) is 0.602. The number of hydrogen-bond acceptors (Lipinski definition) is 3. The molecule has 2 aliphatic rings. The van der Waals surface area contributed by atoms with Crippen LogP contribution in [0, 0.1) is 11.7 Å². The highest BCUT2D eigenvalue weighted by Gasteiger charge is 2.42. The topological polar surface area (TPSA) is 38.7 Å². The van der Waals surface area contributed by atoms with E-state index in [2.05, 4.69) is 4.99 Å². The Morgan fingerprint density at radius 1 is 1.45 bits per heavy atom. The Bertz CT molecular complexity index is 575. The first-order chi connectivity index (χ1) is 9.64. The van der Waals surface area contributed by atoms with Crippen molar-refractivity contribution in [2.24, 2.45) is 10.9 Å². The Hall–Kier alpha value is -1.38. The minimum absolute atomic E-state index is 0.244. The Kier molecular flexibility index (Phi) is 3.53. The van der Waals surface area contributed by atoms with E-state index in [1.807, 2.05) is 0 Å². The molecule has 2 aliphatic carbocycles. The molecule has 0 heterocycles. The van der Waals surface area contributed by atoms with Crippen LogP contribution in [0.15, 0.2) is 17.1 Å². The van der Waals surface area contributed by atoms with Crippen molar-refractivity contribution in [1.82, 2.24) is 0 Å². The van der Waals surface area contributed by atoms with Gasteiger partial charge in [-0.15, -0.1) is 0 Å². The highest BCUT2D eigenvalue weighted by molar-refractivity contribution is 6.32. The van der Waals surface area contributed by atoms with Gasteiger partial charge in [-0.2, -0.15) is 4.99 Å². The van der Waals surface area contributed by atoms with Gasteiger partial charge in [0, 0.05) is 5.56 Å². The molecule has 3 nitrogen and oxygen atoms in total. The van der Waals surface area contributed by atoms with E-state index in [4.69, 9.17) is 16.3 Å². The predicted octanol–water partition coefficient (Wildman–Crippen LogP) is 3.98. The van der Waals surface area contributed by atoms with Crippen LogP contribution in [0.3, 0.4) is 0 Å². The number of ether oxygens (including phenoxy) is 1. The van der Waals surface area contributed by atoms with Gasteiger partial charge >= 0.3 is 0 Å². The molecule has 106 valence electrons. The maximum atomic E-state index is 13.7. The first-order valence-electron chi connectivity index (χ1n) is 6.86. The van der Waals surface area contributed by atoms with Crippen LogP contribution in [0.1, 0.15) is 37.7 Å². The fourth-order valence-electron chi connectivity index (χ4n) is 2.58. The number of isocyanates is 1. The van der Waals surface area contributed by atoms with Gasteiger partial charge in [-0.05, 0) is 50.2 Å². The summed E-state index contributed by atoms with van der Waals surface area (Å²) in [6, 6.07) is 2.62. The van der Waals surface area contributed by atoms with E-state index in [0.29, 0.717) is 36.7 Å². The van der Waals surface area contributed by atoms with Crippen LogP contribution in [0.2, 0.25) is 5.02 Å².